The van der Waals surface area contributed by atoms with E-state index in [4.69, 9.17) is 11.6 Å². The van der Waals surface area contributed by atoms with Gasteiger partial charge in [-0.2, -0.15) is 0 Å². The molecule has 16 heavy (non-hydrogen) atoms. The summed E-state index contributed by atoms with van der Waals surface area (Å²) in [6.07, 6.45) is 7.93. The second kappa shape index (κ2) is 8.09. The molecule has 0 spiro atoms. The van der Waals surface area contributed by atoms with Gasteiger partial charge in [-0.25, -0.2) is 0 Å². The summed E-state index contributed by atoms with van der Waals surface area (Å²) in [5, 5.41) is 2.39. The predicted molar refractivity (Wildman–Crippen MR) is 77.6 cm³/mol. The molecule has 0 aliphatic heterocycles. The quantitative estimate of drug-likeness (QED) is 0.599. The van der Waals surface area contributed by atoms with E-state index in [1.54, 1.807) is 0 Å². The van der Waals surface area contributed by atoms with Crippen LogP contribution in [-0.2, 0) is 0 Å². The zero-order valence-electron chi connectivity index (χ0n) is 10.4. The molecule has 0 heterocycles. The average molecular weight is 257 g/mol. The fraction of sp³-hybridized carbons (Fsp3) is 0.571. The Morgan fingerprint density at radius 2 is 1.56 bits per heavy atom. The first-order chi connectivity index (χ1) is 7.79. The molecule has 0 aliphatic carbocycles. The van der Waals surface area contributed by atoms with Crippen LogP contribution in [0.1, 0.15) is 39.5 Å². The maximum absolute atomic E-state index is 6.29. The molecule has 0 saturated heterocycles. The van der Waals surface area contributed by atoms with E-state index in [2.05, 4.69) is 26.0 Å². The molecule has 0 aromatic heterocycles. The summed E-state index contributed by atoms with van der Waals surface area (Å²) in [5.74, 6) is 0. The molecule has 90 valence electrons. The highest BCUT2D eigenvalue weighted by Crippen LogP contribution is 2.38. The van der Waals surface area contributed by atoms with Crippen LogP contribution < -0.4 is 5.30 Å². The normalized spacial score (nSPS) is 11.0. The third-order valence-electron chi connectivity index (χ3n) is 2.76. The van der Waals surface area contributed by atoms with Gasteiger partial charge in [-0.15, -0.1) is 0 Å². The van der Waals surface area contributed by atoms with Crippen molar-refractivity contribution >= 4 is 24.8 Å². The monoisotopic (exact) mass is 256 g/mol. The second-order valence-electron chi connectivity index (χ2n) is 4.15. The lowest BCUT2D eigenvalue weighted by atomic mass is 10.4. The zero-order valence-corrected chi connectivity index (χ0v) is 12.0. The lowest BCUT2D eigenvalue weighted by molar-refractivity contribution is 0.871. The van der Waals surface area contributed by atoms with Gasteiger partial charge >= 0.3 is 0 Å². The molecule has 0 atom stereocenters. The van der Waals surface area contributed by atoms with Crippen LogP contribution in [0.25, 0.3) is 0 Å². The summed E-state index contributed by atoms with van der Waals surface area (Å²) < 4.78 is 0. The van der Waals surface area contributed by atoms with E-state index in [9.17, 15) is 0 Å². The van der Waals surface area contributed by atoms with E-state index in [0.717, 1.165) is 5.02 Å². The maximum atomic E-state index is 6.29. The van der Waals surface area contributed by atoms with E-state index < -0.39 is 0 Å². The van der Waals surface area contributed by atoms with E-state index in [0.29, 0.717) is 0 Å². The van der Waals surface area contributed by atoms with Crippen molar-refractivity contribution in [2.45, 2.75) is 39.5 Å². The van der Waals surface area contributed by atoms with Gasteiger partial charge in [0, 0.05) is 5.02 Å². The fourth-order valence-corrected chi connectivity index (χ4v) is 5.03. The van der Waals surface area contributed by atoms with Crippen LogP contribution >= 0.6 is 19.5 Å². The highest BCUT2D eigenvalue weighted by Gasteiger charge is 2.12. The van der Waals surface area contributed by atoms with Gasteiger partial charge < -0.3 is 0 Å². The van der Waals surface area contributed by atoms with Crippen molar-refractivity contribution in [2.24, 2.45) is 0 Å². The molecule has 0 N–H and O–H groups in total. The first kappa shape index (κ1) is 14.0. The first-order valence-electron chi connectivity index (χ1n) is 6.29. The Labute approximate surface area is 106 Å². The maximum Gasteiger partial charge on any atom is 0.0482 e. The van der Waals surface area contributed by atoms with Crippen molar-refractivity contribution in [1.29, 1.82) is 0 Å². The van der Waals surface area contributed by atoms with Crippen molar-refractivity contribution in [3.8, 4) is 0 Å². The second-order valence-corrected chi connectivity index (χ2v) is 7.01. The van der Waals surface area contributed by atoms with Gasteiger partial charge in [0.05, 0.1) is 0 Å². The lowest BCUT2D eigenvalue weighted by Gasteiger charge is -2.18. The van der Waals surface area contributed by atoms with Crippen LogP contribution in [-0.4, -0.2) is 12.3 Å². The predicted octanol–water partition coefficient (Wildman–Crippen LogP) is 5.05. The number of benzene rings is 1. The average Bonchev–Trinajstić information content (AvgIpc) is 2.31. The first-order valence-corrected chi connectivity index (χ1v) is 8.38. The number of hydrogen-bond donors (Lipinski definition) is 0. The molecule has 0 bridgehead atoms. The Balaban J connectivity index is 2.70. The minimum Gasteiger partial charge on any atom is -0.0836 e. The standard InChI is InChI=1S/C14H22ClP/c1-3-5-11-16(12-6-4-2)14-10-8-7-9-13(14)15/h7-10H,3-6,11-12H2,1-2H3. The van der Waals surface area contributed by atoms with Crippen LogP contribution in [0.4, 0.5) is 0 Å². The Kier molecular flexibility index (Phi) is 7.08. The molecule has 2 heteroatoms. The summed E-state index contributed by atoms with van der Waals surface area (Å²) in [6, 6.07) is 8.40. The van der Waals surface area contributed by atoms with Gasteiger partial charge in [0.1, 0.15) is 0 Å². The van der Waals surface area contributed by atoms with Crippen LogP contribution in [0.5, 0.6) is 0 Å². The summed E-state index contributed by atoms with van der Waals surface area (Å²) in [6.45, 7) is 4.53. The smallest absolute Gasteiger partial charge is 0.0482 e. The third-order valence-corrected chi connectivity index (χ3v) is 6.00. The summed E-state index contributed by atoms with van der Waals surface area (Å²) >= 11 is 6.29. The Morgan fingerprint density at radius 1 is 1.00 bits per heavy atom. The van der Waals surface area contributed by atoms with Crippen molar-refractivity contribution in [3.63, 3.8) is 0 Å². The van der Waals surface area contributed by atoms with Crippen LogP contribution in [0.15, 0.2) is 24.3 Å². The van der Waals surface area contributed by atoms with Crippen molar-refractivity contribution in [1.82, 2.24) is 0 Å². The summed E-state index contributed by atoms with van der Waals surface area (Å²) in [7, 11) is -0.0203. The third kappa shape index (κ3) is 4.44. The summed E-state index contributed by atoms with van der Waals surface area (Å²) in [5.41, 5.74) is 0. The highest BCUT2D eigenvalue weighted by molar-refractivity contribution is 7.65. The number of halogens is 1. The minimum atomic E-state index is -0.0203. The van der Waals surface area contributed by atoms with Gasteiger partial charge in [0.25, 0.3) is 0 Å². The number of unbranched alkanes of at least 4 members (excludes halogenated alkanes) is 2. The van der Waals surface area contributed by atoms with E-state index in [-0.39, 0.29) is 7.92 Å². The lowest BCUT2D eigenvalue weighted by Crippen LogP contribution is -2.07. The molecule has 0 unspecified atom stereocenters. The van der Waals surface area contributed by atoms with Crippen LogP contribution in [0, 0.1) is 0 Å². The van der Waals surface area contributed by atoms with E-state index in [1.807, 2.05) is 12.1 Å². The molecule has 0 radical (unpaired) electrons. The molecular formula is C14H22ClP. The topological polar surface area (TPSA) is 0 Å². The molecule has 1 aromatic rings. The molecule has 1 aromatic carbocycles. The Morgan fingerprint density at radius 3 is 2.06 bits per heavy atom. The SMILES string of the molecule is CCCCP(CCCC)c1ccccc1Cl. The van der Waals surface area contributed by atoms with Gasteiger partial charge in [0.15, 0.2) is 0 Å². The molecule has 0 aliphatic rings. The van der Waals surface area contributed by atoms with E-state index >= 15 is 0 Å². The Hall–Kier alpha value is -0.0600. The van der Waals surface area contributed by atoms with Crippen molar-refractivity contribution < 1.29 is 0 Å². The molecular weight excluding hydrogens is 235 g/mol. The largest absolute Gasteiger partial charge is 0.0836 e. The van der Waals surface area contributed by atoms with Crippen LogP contribution in [0.2, 0.25) is 5.02 Å². The van der Waals surface area contributed by atoms with Crippen molar-refractivity contribution in [3.05, 3.63) is 29.3 Å². The number of hydrogen-bond acceptors (Lipinski definition) is 0. The molecule has 0 saturated carbocycles. The molecule has 0 nitrogen and oxygen atoms in total. The van der Waals surface area contributed by atoms with Gasteiger partial charge in [0.2, 0.25) is 0 Å². The van der Waals surface area contributed by atoms with Gasteiger partial charge in [-0.1, -0.05) is 64.4 Å². The van der Waals surface area contributed by atoms with Crippen molar-refractivity contribution in [2.75, 3.05) is 12.3 Å². The molecule has 0 amide bonds. The zero-order chi connectivity index (χ0) is 11.8. The van der Waals surface area contributed by atoms with Crippen LogP contribution in [0.3, 0.4) is 0 Å². The highest BCUT2D eigenvalue weighted by atomic mass is 35.5. The van der Waals surface area contributed by atoms with E-state index in [1.165, 1.54) is 43.3 Å². The van der Waals surface area contributed by atoms with Gasteiger partial charge in [-0.3, -0.25) is 0 Å². The Bertz CT molecular complexity index is 291. The van der Waals surface area contributed by atoms with Gasteiger partial charge in [-0.05, 0) is 36.5 Å². The number of rotatable bonds is 7. The minimum absolute atomic E-state index is 0.0203. The summed E-state index contributed by atoms with van der Waals surface area (Å²) in [4.78, 5) is 0. The fourth-order valence-electron chi connectivity index (χ4n) is 1.76. The molecule has 0 fully saturated rings. The molecule has 1 rings (SSSR count).